The van der Waals surface area contributed by atoms with Crippen LogP contribution in [0, 0.1) is 0 Å². The van der Waals surface area contributed by atoms with Crippen LogP contribution in [-0.4, -0.2) is 36.0 Å². The summed E-state index contributed by atoms with van der Waals surface area (Å²) in [6.45, 7) is 7.88. The summed E-state index contributed by atoms with van der Waals surface area (Å²) in [5.74, 6) is 1.40. The minimum atomic E-state index is -0.376. The zero-order chi connectivity index (χ0) is 30.0. The smallest absolute Gasteiger partial charge is 0.232 e. The maximum atomic E-state index is 13.9. The van der Waals surface area contributed by atoms with Gasteiger partial charge in [-0.3, -0.25) is 9.59 Å². The second kappa shape index (κ2) is 12.8. The van der Waals surface area contributed by atoms with Crippen LogP contribution >= 0.6 is 11.6 Å². The molecule has 0 spiro atoms. The van der Waals surface area contributed by atoms with Gasteiger partial charge in [0.05, 0.1) is 31.7 Å². The van der Waals surface area contributed by atoms with Crippen molar-refractivity contribution in [3.8, 4) is 11.5 Å². The Morgan fingerprint density at radius 2 is 1.69 bits per heavy atom. The summed E-state index contributed by atoms with van der Waals surface area (Å²) < 4.78 is 11.9. The maximum absolute atomic E-state index is 13.9. The molecule has 1 fully saturated rings. The number of nitrogens with zero attached hydrogens (tertiary/aromatic N) is 2. The summed E-state index contributed by atoms with van der Waals surface area (Å²) in [5.41, 5.74) is 4.73. The first-order valence-electron chi connectivity index (χ1n) is 15.1. The number of hydrogen-bond donors (Lipinski definition) is 0. The van der Waals surface area contributed by atoms with Gasteiger partial charge in [-0.05, 0) is 91.8 Å². The fourth-order valence-electron chi connectivity index (χ4n) is 6.48. The van der Waals surface area contributed by atoms with Crippen LogP contribution in [0.2, 0.25) is 5.02 Å². The molecule has 1 heterocycles. The van der Waals surface area contributed by atoms with Crippen LogP contribution in [-0.2, 0) is 16.0 Å². The molecule has 2 aliphatic rings. The average molecular weight is 589 g/mol. The fourth-order valence-corrected chi connectivity index (χ4v) is 6.60. The lowest BCUT2D eigenvalue weighted by Crippen LogP contribution is -2.41. The first kappa shape index (κ1) is 30.0. The first-order valence-corrected chi connectivity index (χ1v) is 15.4. The summed E-state index contributed by atoms with van der Waals surface area (Å²) in [7, 11) is 1.63. The molecule has 1 saturated carbocycles. The van der Waals surface area contributed by atoms with E-state index in [0.717, 1.165) is 47.2 Å². The lowest BCUT2D eigenvalue weighted by Gasteiger charge is -2.38. The molecule has 2 unspecified atom stereocenters. The van der Waals surface area contributed by atoms with Gasteiger partial charge in [0.2, 0.25) is 11.8 Å². The number of benzene rings is 3. The highest BCUT2D eigenvalue weighted by atomic mass is 35.5. The van der Waals surface area contributed by atoms with Gasteiger partial charge < -0.3 is 19.3 Å². The lowest BCUT2D eigenvalue weighted by molar-refractivity contribution is -0.133. The minimum absolute atomic E-state index is 0.00258. The number of carbonyl (C=O) groups excluding carboxylic acids is 2. The molecule has 1 aliphatic carbocycles. The number of carbonyl (C=O) groups is 2. The lowest BCUT2D eigenvalue weighted by atomic mass is 9.86. The van der Waals surface area contributed by atoms with Gasteiger partial charge >= 0.3 is 0 Å². The van der Waals surface area contributed by atoms with Crippen LogP contribution in [0.4, 0.5) is 5.69 Å². The van der Waals surface area contributed by atoms with Gasteiger partial charge in [0.15, 0.2) is 11.5 Å². The summed E-state index contributed by atoms with van der Waals surface area (Å²) in [5, 5.41) is 0.638. The van der Waals surface area contributed by atoms with Crippen molar-refractivity contribution in [2.45, 2.75) is 90.4 Å². The Hall–Kier alpha value is -3.51. The van der Waals surface area contributed by atoms with Crippen LogP contribution in [0.5, 0.6) is 11.5 Å². The summed E-state index contributed by atoms with van der Waals surface area (Å²) in [4.78, 5) is 30.4. The van der Waals surface area contributed by atoms with Crippen molar-refractivity contribution in [3.63, 3.8) is 0 Å². The van der Waals surface area contributed by atoms with Crippen molar-refractivity contribution in [2.24, 2.45) is 0 Å². The van der Waals surface area contributed by atoms with Crippen molar-refractivity contribution in [2.75, 3.05) is 12.0 Å². The van der Waals surface area contributed by atoms with Crippen LogP contribution in [0.1, 0.15) is 94.1 Å². The monoisotopic (exact) mass is 588 g/mol. The van der Waals surface area contributed by atoms with Crippen LogP contribution in [0.25, 0.3) is 0 Å². The van der Waals surface area contributed by atoms with E-state index in [1.807, 2.05) is 65.3 Å². The molecule has 5 rings (SSSR count). The van der Waals surface area contributed by atoms with Crippen molar-refractivity contribution in [3.05, 3.63) is 87.9 Å². The van der Waals surface area contributed by atoms with E-state index in [4.69, 9.17) is 21.1 Å². The normalized spacial score (nSPS) is 18.4. The Kier molecular flexibility index (Phi) is 9.12. The Morgan fingerprint density at radius 3 is 2.29 bits per heavy atom. The molecule has 0 radical (unpaired) electrons. The number of rotatable bonds is 9. The van der Waals surface area contributed by atoms with Gasteiger partial charge in [-0.2, -0.15) is 0 Å². The molecule has 2 amide bonds. The van der Waals surface area contributed by atoms with E-state index in [-0.39, 0.29) is 42.5 Å². The SMILES string of the molecule is CC[C@@H](C)Oc1cc2c(cc1OC)CC(=O)N(c1ccc(C(C)N(C(C)=O)C3CCCC3)cc1)C2c1ccc(Cl)cc1. The molecule has 3 atom stereocenters. The fraction of sp³-hybridized carbons (Fsp3) is 0.429. The quantitative estimate of drug-likeness (QED) is 0.254. The third-order valence-corrected chi connectivity index (χ3v) is 9.08. The first-order chi connectivity index (χ1) is 20.2. The highest BCUT2D eigenvalue weighted by Gasteiger charge is 2.36. The molecule has 222 valence electrons. The van der Waals surface area contributed by atoms with Crippen LogP contribution < -0.4 is 14.4 Å². The average Bonchev–Trinajstić information content (AvgIpc) is 3.51. The van der Waals surface area contributed by atoms with Gasteiger partial charge in [0, 0.05) is 23.7 Å². The molecule has 0 saturated heterocycles. The number of ether oxygens (including phenoxy) is 2. The highest BCUT2D eigenvalue weighted by Crippen LogP contribution is 2.44. The Bertz CT molecular complexity index is 1420. The van der Waals surface area contributed by atoms with Crippen molar-refractivity contribution in [1.82, 2.24) is 4.90 Å². The molecule has 0 aromatic heterocycles. The molecule has 42 heavy (non-hydrogen) atoms. The number of fused-ring (bicyclic) bond motifs is 1. The van der Waals surface area contributed by atoms with E-state index >= 15 is 0 Å². The number of halogens is 1. The topological polar surface area (TPSA) is 59.1 Å². The van der Waals surface area contributed by atoms with Gasteiger partial charge in [-0.1, -0.05) is 55.6 Å². The second-order valence-electron chi connectivity index (χ2n) is 11.6. The molecule has 3 aromatic carbocycles. The summed E-state index contributed by atoms with van der Waals surface area (Å²) in [6, 6.07) is 19.6. The number of hydrogen-bond acceptors (Lipinski definition) is 4. The number of amides is 2. The minimum Gasteiger partial charge on any atom is -0.493 e. The largest absolute Gasteiger partial charge is 0.493 e. The molecule has 6 nitrogen and oxygen atoms in total. The van der Waals surface area contributed by atoms with E-state index in [9.17, 15) is 9.59 Å². The second-order valence-corrected chi connectivity index (χ2v) is 12.0. The molecular weight excluding hydrogens is 548 g/mol. The molecule has 1 aliphatic heterocycles. The van der Waals surface area contributed by atoms with E-state index < -0.39 is 0 Å². The standard InChI is InChI=1S/C35H41ClN2O4/c1-6-22(2)42-33-21-31-27(19-32(33)41-5)20-34(40)38(35(31)26-11-15-28(36)16-12-26)30-17-13-25(14-18-30)23(3)37(24(4)39)29-9-7-8-10-29/h11-19,21-23,29,35H,6-10,20H2,1-5H3/t22-,23?,35?/m1/s1. The predicted octanol–water partition coefficient (Wildman–Crippen LogP) is 8.06. The van der Waals surface area contributed by atoms with Gasteiger partial charge in [0.1, 0.15) is 0 Å². The van der Waals surface area contributed by atoms with Crippen LogP contribution in [0.3, 0.4) is 0 Å². The van der Waals surface area contributed by atoms with Crippen molar-refractivity contribution in [1.29, 1.82) is 0 Å². The number of anilines is 1. The summed E-state index contributed by atoms with van der Waals surface area (Å²) >= 11 is 6.27. The van der Waals surface area contributed by atoms with Crippen molar-refractivity contribution < 1.29 is 19.1 Å². The summed E-state index contributed by atoms with van der Waals surface area (Å²) in [6.07, 6.45) is 5.57. The zero-order valence-corrected chi connectivity index (χ0v) is 26.0. The number of methoxy groups -OCH3 is 1. The third-order valence-electron chi connectivity index (χ3n) is 8.83. The van der Waals surface area contributed by atoms with Gasteiger partial charge in [0.25, 0.3) is 0 Å². The Labute approximate surface area is 254 Å². The van der Waals surface area contributed by atoms with Crippen molar-refractivity contribution >= 4 is 29.1 Å². The maximum Gasteiger partial charge on any atom is 0.232 e. The van der Waals surface area contributed by atoms with Gasteiger partial charge in [-0.15, -0.1) is 0 Å². The Morgan fingerprint density at radius 1 is 1.02 bits per heavy atom. The van der Waals surface area contributed by atoms with Crippen LogP contribution in [0.15, 0.2) is 60.7 Å². The third kappa shape index (κ3) is 6.00. The van der Waals surface area contributed by atoms with E-state index in [1.54, 1.807) is 14.0 Å². The van der Waals surface area contributed by atoms with E-state index in [2.05, 4.69) is 26.0 Å². The molecule has 7 heteroatoms. The molecule has 0 bridgehead atoms. The molecule has 3 aromatic rings. The molecular formula is C35H41ClN2O4. The predicted molar refractivity (Wildman–Crippen MR) is 167 cm³/mol. The van der Waals surface area contributed by atoms with E-state index in [0.29, 0.717) is 16.5 Å². The highest BCUT2D eigenvalue weighted by molar-refractivity contribution is 6.30. The molecule has 0 N–H and O–H groups in total. The van der Waals surface area contributed by atoms with E-state index in [1.165, 1.54) is 12.8 Å². The zero-order valence-electron chi connectivity index (χ0n) is 25.2. The Balaban J connectivity index is 1.55. The van der Waals surface area contributed by atoms with Gasteiger partial charge in [-0.25, -0.2) is 0 Å².